The van der Waals surface area contributed by atoms with Crippen LogP contribution in [0, 0.1) is 6.92 Å². The molecule has 1 aliphatic heterocycles. The second kappa shape index (κ2) is 4.35. The molecule has 0 radical (unpaired) electrons. The van der Waals surface area contributed by atoms with Crippen molar-refractivity contribution in [3.05, 3.63) is 17.5 Å². The van der Waals surface area contributed by atoms with Gasteiger partial charge in [-0.2, -0.15) is 5.10 Å². The van der Waals surface area contributed by atoms with E-state index in [1.54, 1.807) is 0 Å². The molecular weight excluding hydrogens is 188 g/mol. The van der Waals surface area contributed by atoms with Gasteiger partial charge in [-0.3, -0.25) is 4.68 Å². The van der Waals surface area contributed by atoms with Crippen molar-refractivity contribution in [2.45, 2.75) is 45.6 Å². The van der Waals surface area contributed by atoms with E-state index in [0.29, 0.717) is 12.0 Å². The fraction of sp³-hybridized carbons (Fsp3) is 0.750. The maximum atomic E-state index is 5.39. The summed E-state index contributed by atoms with van der Waals surface area (Å²) in [6.45, 7) is 8.28. The average molecular weight is 208 g/mol. The summed E-state index contributed by atoms with van der Waals surface area (Å²) < 4.78 is 7.61. The van der Waals surface area contributed by atoms with Gasteiger partial charge in [-0.15, -0.1) is 0 Å². The summed E-state index contributed by atoms with van der Waals surface area (Å²) in [5.41, 5.74) is 2.49. The van der Waals surface area contributed by atoms with E-state index in [1.807, 2.05) is 0 Å². The van der Waals surface area contributed by atoms with Crippen LogP contribution in [0.15, 0.2) is 6.07 Å². The monoisotopic (exact) mass is 208 g/mol. The molecule has 2 heterocycles. The molecule has 0 atom stereocenters. The lowest BCUT2D eigenvalue weighted by Gasteiger charge is -2.25. The highest BCUT2D eigenvalue weighted by Crippen LogP contribution is 2.26. The molecule has 0 unspecified atom stereocenters. The Balaban J connectivity index is 2.25. The summed E-state index contributed by atoms with van der Waals surface area (Å²) in [5, 5.41) is 4.62. The van der Waals surface area contributed by atoms with Crippen molar-refractivity contribution in [1.82, 2.24) is 9.78 Å². The molecule has 1 saturated heterocycles. The van der Waals surface area contributed by atoms with Gasteiger partial charge in [-0.1, -0.05) is 13.8 Å². The van der Waals surface area contributed by atoms with Crippen molar-refractivity contribution >= 4 is 0 Å². The molecule has 84 valence electrons. The summed E-state index contributed by atoms with van der Waals surface area (Å²) in [5.74, 6) is 0.550. The minimum atomic E-state index is 0.546. The van der Waals surface area contributed by atoms with E-state index in [4.69, 9.17) is 4.74 Å². The SMILES string of the molecule is Cc1cc(C(C)C)n(C2CCOCC2)n1. The van der Waals surface area contributed by atoms with Gasteiger partial charge in [0.15, 0.2) is 0 Å². The molecule has 0 spiro atoms. The van der Waals surface area contributed by atoms with E-state index in [0.717, 1.165) is 31.7 Å². The molecule has 0 N–H and O–H groups in total. The average Bonchev–Trinajstić information content (AvgIpc) is 2.62. The summed E-state index contributed by atoms with van der Waals surface area (Å²) in [4.78, 5) is 0. The van der Waals surface area contributed by atoms with E-state index in [1.165, 1.54) is 5.69 Å². The molecule has 0 aliphatic carbocycles. The molecule has 0 saturated carbocycles. The standard InChI is InChI=1S/C12H20N2O/c1-9(2)12-8-10(3)13-14(12)11-4-6-15-7-5-11/h8-9,11H,4-7H2,1-3H3. The molecule has 1 fully saturated rings. The summed E-state index contributed by atoms with van der Waals surface area (Å²) in [6.07, 6.45) is 2.20. The predicted molar refractivity (Wildman–Crippen MR) is 60.1 cm³/mol. The van der Waals surface area contributed by atoms with Gasteiger partial charge in [-0.25, -0.2) is 0 Å². The Morgan fingerprint density at radius 3 is 2.67 bits per heavy atom. The van der Waals surface area contributed by atoms with Crippen LogP contribution in [0.25, 0.3) is 0 Å². The second-order valence-corrected chi connectivity index (χ2v) is 4.65. The van der Waals surface area contributed by atoms with Gasteiger partial charge in [0.2, 0.25) is 0 Å². The third-order valence-corrected chi connectivity index (χ3v) is 3.02. The normalized spacial score (nSPS) is 18.7. The Morgan fingerprint density at radius 2 is 2.07 bits per heavy atom. The minimum absolute atomic E-state index is 0.546. The molecule has 0 amide bonds. The second-order valence-electron chi connectivity index (χ2n) is 4.65. The number of nitrogens with zero attached hydrogens (tertiary/aromatic N) is 2. The zero-order valence-corrected chi connectivity index (χ0v) is 9.86. The molecule has 0 bridgehead atoms. The lowest BCUT2D eigenvalue weighted by atomic mass is 10.1. The van der Waals surface area contributed by atoms with E-state index in [9.17, 15) is 0 Å². The third-order valence-electron chi connectivity index (χ3n) is 3.02. The van der Waals surface area contributed by atoms with Crippen molar-refractivity contribution in [3.8, 4) is 0 Å². The van der Waals surface area contributed by atoms with Gasteiger partial charge in [0.1, 0.15) is 0 Å². The zero-order chi connectivity index (χ0) is 10.8. The van der Waals surface area contributed by atoms with Crippen LogP contribution in [0.3, 0.4) is 0 Å². The number of hydrogen-bond acceptors (Lipinski definition) is 2. The summed E-state index contributed by atoms with van der Waals surface area (Å²) in [7, 11) is 0. The van der Waals surface area contributed by atoms with E-state index >= 15 is 0 Å². The van der Waals surface area contributed by atoms with Gasteiger partial charge >= 0.3 is 0 Å². The fourth-order valence-corrected chi connectivity index (χ4v) is 2.19. The molecule has 15 heavy (non-hydrogen) atoms. The van der Waals surface area contributed by atoms with Crippen molar-refractivity contribution in [1.29, 1.82) is 0 Å². The smallest absolute Gasteiger partial charge is 0.0596 e. The Labute approximate surface area is 91.4 Å². The fourth-order valence-electron chi connectivity index (χ4n) is 2.19. The van der Waals surface area contributed by atoms with Gasteiger partial charge in [0.25, 0.3) is 0 Å². The summed E-state index contributed by atoms with van der Waals surface area (Å²) in [6, 6.07) is 2.75. The van der Waals surface area contributed by atoms with Gasteiger partial charge in [-0.05, 0) is 31.7 Å². The van der Waals surface area contributed by atoms with Crippen LogP contribution >= 0.6 is 0 Å². The number of hydrogen-bond donors (Lipinski definition) is 0. The molecule has 3 nitrogen and oxygen atoms in total. The summed E-state index contributed by atoms with van der Waals surface area (Å²) >= 11 is 0. The van der Waals surface area contributed by atoms with Crippen molar-refractivity contribution in [2.75, 3.05) is 13.2 Å². The highest BCUT2D eigenvalue weighted by Gasteiger charge is 2.20. The lowest BCUT2D eigenvalue weighted by Crippen LogP contribution is -2.22. The van der Waals surface area contributed by atoms with Crippen LogP contribution in [0.5, 0.6) is 0 Å². The highest BCUT2D eigenvalue weighted by molar-refractivity contribution is 5.13. The number of rotatable bonds is 2. The van der Waals surface area contributed by atoms with Crippen LogP contribution in [0.4, 0.5) is 0 Å². The predicted octanol–water partition coefficient (Wildman–Crippen LogP) is 2.67. The quantitative estimate of drug-likeness (QED) is 0.747. The topological polar surface area (TPSA) is 27.1 Å². The third kappa shape index (κ3) is 2.23. The van der Waals surface area contributed by atoms with Crippen molar-refractivity contribution in [2.24, 2.45) is 0 Å². The highest BCUT2D eigenvalue weighted by atomic mass is 16.5. The van der Waals surface area contributed by atoms with E-state index in [-0.39, 0.29) is 0 Å². The van der Waals surface area contributed by atoms with Crippen LogP contribution < -0.4 is 0 Å². The number of ether oxygens (including phenoxy) is 1. The first-order valence-corrected chi connectivity index (χ1v) is 5.82. The zero-order valence-electron chi connectivity index (χ0n) is 9.86. The Morgan fingerprint density at radius 1 is 1.40 bits per heavy atom. The minimum Gasteiger partial charge on any atom is -0.381 e. The number of aryl methyl sites for hydroxylation is 1. The van der Waals surface area contributed by atoms with Gasteiger partial charge in [0, 0.05) is 18.9 Å². The van der Waals surface area contributed by atoms with Crippen molar-refractivity contribution in [3.63, 3.8) is 0 Å². The van der Waals surface area contributed by atoms with Crippen LogP contribution in [-0.4, -0.2) is 23.0 Å². The lowest BCUT2D eigenvalue weighted by molar-refractivity contribution is 0.0651. The molecule has 1 aromatic rings. The molecule has 0 aromatic carbocycles. The Bertz CT molecular complexity index is 324. The first-order chi connectivity index (χ1) is 7.18. The van der Waals surface area contributed by atoms with Crippen LogP contribution in [0.2, 0.25) is 0 Å². The molecule has 1 aromatic heterocycles. The molecule has 2 rings (SSSR count). The number of aromatic nitrogens is 2. The molecule has 1 aliphatic rings. The maximum Gasteiger partial charge on any atom is 0.0596 e. The van der Waals surface area contributed by atoms with Crippen LogP contribution in [-0.2, 0) is 4.74 Å². The Hall–Kier alpha value is -0.830. The first-order valence-electron chi connectivity index (χ1n) is 5.82. The van der Waals surface area contributed by atoms with Gasteiger partial charge in [0.05, 0.1) is 11.7 Å². The van der Waals surface area contributed by atoms with Crippen molar-refractivity contribution < 1.29 is 4.74 Å². The Kier molecular flexibility index (Phi) is 3.10. The van der Waals surface area contributed by atoms with Crippen LogP contribution in [0.1, 0.15) is 50.0 Å². The largest absolute Gasteiger partial charge is 0.381 e. The maximum absolute atomic E-state index is 5.39. The molecule has 3 heteroatoms. The molecular formula is C12H20N2O. The van der Waals surface area contributed by atoms with E-state index < -0.39 is 0 Å². The first kappa shape index (κ1) is 10.7. The van der Waals surface area contributed by atoms with Gasteiger partial charge < -0.3 is 4.74 Å². The van der Waals surface area contributed by atoms with E-state index in [2.05, 4.69) is 36.6 Å².